The molecule has 2 unspecified atom stereocenters. The molecule has 1 aromatic heterocycles. The van der Waals surface area contributed by atoms with Gasteiger partial charge in [-0.15, -0.1) is 0 Å². The lowest BCUT2D eigenvalue weighted by molar-refractivity contribution is -0.139. The van der Waals surface area contributed by atoms with Crippen LogP contribution >= 0.6 is 11.6 Å². The molecule has 57 heavy (non-hydrogen) atoms. The zero-order valence-corrected chi connectivity index (χ0v) is 32.3. The Kier molecular flexibility index (Phi) is 10.1. The van der Waals surface area contributed by atoms with Gasteiger partial charge in [-0.2, -0.15) is 5.26 Å². The second-order valence-corrected chi connectivity index (χ2v) is 16.4. The molecule has 5 aliphatic rings. The minimum atomic E-state index is -1.22. The van der Waals surface area contributed by atoms with E-state index in [1.165, 1.54) is 16.3 Å². The third kappa shape index (κ3) is 7.45. The number of rotatable bonds is 9. The first-order chi connectivity index (χ1) is 27.7. The fourth-order valence-electron chi connectivity index (χ4n) is 9.13. The number of carbonyl (C=O) groups is 3. The molecule has 4 aromatic rings. The van der Waals surface area contributed by atoms with Crippen LogP contribution in [-0.4, -0.2) is 101 Å². The number of nitrogens with zero attached hydrogens (tertiary/aromatic N) is 6. The SMILES string of the molecule is N#Cc1ccc(OC2CCC(c3cnc(-c4ccc(N5CC(CN6CCN(c7ccc8c(c7)C(O)N(C7CCC(=O)NC7=O)C8=O)CC6)C5)cc4)[nH]3)CC2)cc1Cl. The number of piperazine rings is 1. The molecule has 1 saturated carbocycles. The van der Waals surface area contributed by atoms with Gasteiger partial charge in [0.15, 0.2) is 6.23 Å². The van der Waals surface area contributed by atoms with Gasteiger partial charge in [-0.3, -0.25) is 29.5 Å². The number of piperidine rings is 1. The Labute approximate surface area is 336 Å². The first-order valence-electron chi connectivity index (χ1n) is 19.9. The average molecular weight is 789 g/mol. The van der Waals surface area contributed by atoms with Gasteiger partial charge in [-0.05, 0) is 86.7 Å². The van der Waals surface area contributed by atoms with Crippen molar-refractivity contribution in [1.29, 1.82) is 5.26 Å². The van der Waals surface area contributed by atoms with E-state index in [2.05, 4.69) is 55.3 Å². The Bertz CT molecular complexity index is 2220. The number of imidazole rings is 1. The zero-order valence-electron chi connectivity index (χ0n) is 31.6. The second kappa shape index (κ2) is 15.5. The van der Waals surface area contributed by atoms with Gasteiger partial charge in [0.2, 0.25) is 11.8 Å². The van der Waals surface area contributed by atoms with Crippen LogP contribution in [0.1, 0.15) is 77.8 Å². The smallest absolute Gasteiger partial charge is 0.257 e. The van der Waals surface area contributed by atoms with Crippen molar-refractivity contribution in [2.45, 2.75) is 62.8 Å². The number of hydrogen-bond acceptors (Lipinski definition) is 10. The van der Waals surface area contributed by atoms with E-state index >= 15 is 0 Å². The normalized spacial score (nSPS) is 24.2. The van der Waals surface area contributed by atoms with E-state index in [9.17, 15) is 19.5 Å². The standard InChI is InChI=1S/C43H45ClN8O5/c44-36-20-33(11-5-29(36)21-45)57-32-9-3-27(4-10-32)37-22-46-40(47-37)28-1-6-30(7-2-28)51-24-26(25-51)23-49-15-17-50(18-16-49)31-8-12-34-35(19-31)43(56)52(42(34)55)38-13-14-39(53)48-41(38)54/h1-2,5-8,11-12,19-20,22,26-27,32,38,43,56H,3-4,9-10,13-18,23-25H2,(H,46,47)(H,48,53,54). The summed E-state index contributed by atoms with van der Waals surface area (Å²) in [5.41, 5.74) is 5.79. The van der Waals surface area contributed by atoms with Gasteiger partial charge in [-0.1, -0.05) is 11.6 Å². The Morgan fingerprint density at radius 1 is 0.895 bits per heavy atom. The molecular weight excluding hydrogens is 744 g/mol. The molecule has 294 valence electrons. The monoisotopic (exact) mass is 788 g/mol. The number of benzene rings is 3. The van der Waals surface area contributed by atoms with E-state index < -0.39 is 18.2 Å². The van der Waals surface area contributed by atoms with Crippen LogP contribution < -0.4 is 19.9 Å². The molecule has 2 atom stereocenters. The number of imide groups is 1. The van der Waals surface area contributed by atoms with Crippen LogP contribution in [0.2, 0.25) is 5.02 Å². The number of aliphatic hydroxyl groups excluding tert-OH is 1. The number of nitrogens with one attached hydrogen (secondary N) is 2. The molecule has 0 spiro atoms. The van der Waals surface area contributed by atoms with Crippen molar-refractivity contribution < 1.29 is 24.2 Å². The van der Waals surface area contributed by atoms with Crippen molar-refractivity contribution in [2.75, 3.05) is 55.6 Å². The van der Waals surface area contributed by atoms with Crippen LogP contribution in [0.25, 0.3) is 11.4 Å². The lowest BCUT2D eigenvalue weighted by atomic mass is 9.85. The van der Waals surface area contributed by atoms with Gasteiger partial charge in [-0.25, -0.2) is 4.98 Å². The number of aliphatic hydroxyl groups is 1. The summed E-state index contributed by atoms with van der Waals surface area (Å²) in [6, 6.07) is 20.7. The highest BCUT2D eigenvalue weighted by molar-refractivity contribution is 6.31. The predicted octanol–water partition coefficient (Wildman–Crippen LogP) is 5.22. The summed E-state index contributed by atoms with van der Waals surface area (Å²) in [5, 5.41) is 22.9. The molecule has 3 aromatic carbocycles. The summed E-state index contributed by atoms with van der Waals surface area (Å²) >= 11 is 6.19. The molecule has 0 bridgehead atoms. The maximum absolute atomic E-state index is 13.2. The van der Waals surface area contributed by atoms with Crippen LogP contribution in [-0.2, 0) is 9.59 Å². The van der Waals surface area contributed by atoms with Crippen molar-refractivity contribution in [3.63, 3.8) is 0 Å². The third-order valence-electron chi connectivity index (χ3n) is 12.4. The highest BCUT2D eigenvalue weighted by atomic mass is 35.5. The van der Waals surface area contributed by atoms with Crippen molar-refractivity contribution >= 4 is 40.7 Å². The lowest BCUT2D eigenvalue weighted by Crippen LogP contribution is -2.55. The highest BCUT2D eigenvalue weighted by Gasteiger charge is 2.44. The van der Waals surface area contributed by atoms with E-state index in [-0.39, 0.29) is 30.8 Å². The van der Waals surface area contributed by atoms with Gasteiger partial charge in [0.05, 0.1) is 16.7 Å². The van der Waals surface area contributed by atoms with Crippen LogP contribution in [0.3, 0.4) is 0 Å². The Hall–Kier alpha value is -5.42. The van der Waals surface area contributed by atoms with Crippen molar-refractivity contribution in [3.05, 3.63) is 94.3 Å². The average Bonchev–Trinajstić information content (AvgIpc) is 3.79. The fourth-order valence-corrected chi connectivity index (χ4v) is 9.34. The number of anilines is 2. The third-order valence-corrected chi connectivity index (χ3v) is 12.7. The number of carbonyl (C=O) groups excluding carboxylic acids is 3. The second-order valence-electron chi connectivity index (χ2n) is 16.0. The van der Waals surface area contributed by atoms with E-state index in [1.807, 2.05) is 24.4 Å². The molecule has 9 rings (SSSR count). The summed E-state index contributed by atoms with van der Waals surface area (Å²) in [6.07, 6.45) is 5.14. The number of ether oxygens (including phenoxy) is 1. The molecule has 3 saturated heterocycles. The number of aromatic amines is 1. The molecule has 13 nitrogen and oxygen atoms in total. The van der Waals surface area contributed by atoms with E-state index in [0.717, 1.165) is 88.6 Å². The molecule has 4 fully saturated rings. The van der Waals surface area contributed by atoms with Crippen LogP contribution in [0, 0.1) is 17.2 Å². The Morgan fingerprint density at radius 2 is 1.65 bits per heavy atom. The van der Waals surface area contributed by atoms with Gasteiger partial charge in [0, 0.05) is 110 Å². The summed E-state index contributed by atoms with van der Waals surface area (Å²) < 4.78 is 6.18. The summed E-state index contributed by atoms with van der Waals surface area (Å²) in [6.45, 7) is 6.65. The number of hydrogen-bond donors (Lipinski definition) is 3. The van der Waals surface area contributed by atoms with Gasteiger partial charge < -0.3 is 24.6 Å². The first-order valence-corrected chi connectivity index (χ1v) is 20.3. The van der Waals surface area contributed by atoms with E-state index in [4.69, 9.17) is 26.6 Å². The van der Waals surface area contributed by atoms with Crippen LogP contribution in [0.4, 0.5) is 11.4 Å². The number of fused-ring (bicyclic) bond motifs is 1. The Balaban J connectivity index is 0.717. The summed E-state index contributed by atoms with van der Waals surface area (Å²) in [5.74, 6) is 1.33. The molecule has 14 heteroatoms. The zero-order chi connectivity index (χ0) is 39.2. The first kappa shape index (κ1) is 37.2. The number of H-pyrrole nitrogens is 1. The molecule has 3 N–H and O–H groups in total. The Morgan fingerprint density at radius 3 is 2.37 bits per heavy atom. The predicted molar refractivity (Wildman–Crippen MR) is 214 cm³/mol. The minimum Gasteiger partial charge on any atom is -0.490 e. The maximum Gasteiger partial charge on any atom is 0.257 e. The topological polar surface area (TPSA) is 158 Å². The molecule has 3 amide bonds. The quantitative estimate of drug-likeness (QED) is 0.192. The van der Waals surface area contributed by atoms with Crippen LogP contribution in [0.15, 0.2) is 66.9 Å². The van der Waals surface area contributed by atoms with E-state index in [1.54, 1.807) is 18.2 Å². The highest BCUT2D eigenvalue weighted by Crippen LogP contribution is 2.39. The number of amides is 3. The van der Waals surface area contributed by atoms with E-state index in [0.29, 0.717) is 39.3 Å². The molecule has 1 aliphatic carbocycles. The van der Waals surface area contributed by atoms with Crippen molar-refractivity contribution in [1.82, 2.24) is 25.1 Å². The minimum absolute atomic E-state index is 0.128. The van der Waals surface area contributed by atoms with Crippen molar-refractivity contribution in [2.24, 2.45) is 5.92 Å². The summed E-state index contributed by atoms with van der Waals surface area (Å²) in [7, 11) is 0. The molecule has 0 radical (unpaired) electrons. The summed E-state index contributed by atoms with van der Waals surface area (Å²) in [4.78, 5) is 54.0. The van der Waals surface area contributed by atoms with Crippen molar-refractivity contribution in [3.8, 4) is 23.2 Å². The maximum atomic E-state index is 13.2. The number of aromatic nitrogens is 2. The fraction of sp³-hybridized carbons (Fsp3) is 0.419. The number of nitriles is 1. The number of halogens is 1. The largest absolute Gasteiger partial charge is 0.490 e. The molecular formula is C43H45ClN8O5. The van der Waals surface area contributed by atoms with Gasteiger partial charge in [0.1, 0.15) is 23.7 Å². The lowest BCUT2D eigenvalue weighted by Gasteiger charge is -2.45. The van der Waals surface area contributed by atoms with Crippen LogP contribution in [0.5, 0.6) is 5.75 Å². The molecule has 4 aliphatic heterocycles. The van der Waals surface area contributed by atoms with Gasteiger partial charge >= 0.3 is 0 Å². The van der Waals surface area contributed by atoms with Gasteiger partial charge in [0.25, 0.3) is 5.91 Å². The molecule has 5 heterocycles.